The van der Waals surface area contributed by atoms with Crippen LogP contribution in [0.4, 0.5) is 5.82 Å². The van der Waals surface area contributed by atoms with Crippen LogP contribution in [0.3, 0.4) is 0 Å². The number of nitrogen functional groups attached to an aromatic ring is 1. The third-order valence-electron chi connectivity index (χ3n) is 5.32. The molecule has 2 aromatic heterocycles. The summed E-state index contributed by atoms with van der Waals surface area (Å²) in [6.07, 6.45) is 3.87. The second-order valence-corrected chi connectivity index (χ2v) is 7.08. The number of quaternary nitrogens is 1. The van der Waals surface area contributed by atoms with Gasteiger partial charge < -0.3 is 19.9 Å². The number of hydrogen-bond acceptors (Lipinski definition) is 5. The third kappa shape index (κ3) is 3.35. The molecule has 0 aliphatic carbocycles. The van der Waals surface area contributed by atoms with Gasteiger partial charge >= 0.3 is 5.97 Å². The highest BCUT2D eigenvalue weighted by atomic mass is 16.5. The summed E-state index contributed by atoms with van der Waals surface area (Å²) in [5, 5.41) is 0. The van der Waals surface area contributed by atoms with E-state index in [4.69, 9.17) is 15.5 Å². The molecule has 27 heavy (non-hydrogen) atoms. The molecule has 1 aliphatic rings. The third-order valence-corrected chi connectivity index (χ3v) is 5.32. The summed E-state index contributed by atoms with van der Waals surface area (Å²) in [4.78, 5) is 23.6. The molecule has 142 valence electrons. The summed E-state index contributed by atoms with van der Waals surface area (Å²) < 4.78 is 7.16. The van der Waals surface area contributed by atoms with Crippen molar-refractivity contribution in [2.24, 2.45) is 0 Å². The number of piperidine rings is 1. The maximum absolute atomic E-state index is 12.5. The molecule has 0 bridgehead atoms. The maximum Gasteiger partial charge on any atom is 0.344 e. The number of benzene rings is 1. The van der Waals surface area contributed by atoms with Crippen molar-refractivity contribution in [1.29, 1.82) is 0 Å². The summed E-state index contributed by atoms with van der Waals surface area (Å²) in [6, 6.07) is 7.66. The SMILES string of the molecule is CCOC(=O)c1c(N)n(CC[NH+]2CCCCC2)c2nc3ccccc3nc12. The highest BCUT2D eigenvalue weighted by molar-refractivity contribution is 6.08. The van der Waals surface area contributed by atoms with E-state index >= 15 is 0 Å². The van der Waals surface area contributed by atoms with Crippen molar-refractivity contribution in [3.8, 4) is 0 Å². The molecule has 1 aliphatic heterocycles. The molecule has 0 amide bonds. The molecule has 0 atom stereocenters. The quantitative estimate of drug-likeness (QED) is 0.665. The Kier molecular flexibility index (Phi) is 4.94. The van der Waals surface area contributed by atoms with E-state index in [1.54, 1.807) is 11.8 Å². The van der Waals surface area contributed by atoms with Crippen LogP contribution in [0.2, 0.25) is 0 Å². The van der Waals surface area contributed by atoms with Crippen molar-refractivity contribution < 1.29 is 14.4 Å². The number of esters is 1. The maximum atomic E-state index is 12.5. The number of aromatic nitrogens is 3. The number of anilines is 1. The number of carbonyl (C=O) groups is 1. The number of hydrogen-bond donors (Lipinski definition) is 2. The second kappa shape index (κ2) is 7.52. The summed E-state index contributed by atoms with van der Waals surface area (Å²) in [5.41, 5.74) is 9.46. The van der Waals surface area contributed by atoms with Gasteiger partial charge in [-0.1, -0.05) is 12.1 Å². The molecule has 3 N–H and O–H groups in total. The first kappa shape index (κ1) is 17.7. The largest absolute Gasteiger partial charge is 0.462 e. The molecule has 1 aromatic carbocycles. The van der Waals surface area contributed by atoms with Crippen LogP contribution in [-0.2, 0) is 11.3 Å². The summed E-state index contributed by atoms with van der Waals surface area (Å²) in [6.45, 7) is 6.14. The van der Waals surface area contributed by atoms with Crippen molar-refractivity contribution in [2.45, 2.75) is 32.7 Å². The predicted octanol–water partition coefficient (Wildman–Crippen LogP) is 1.41. The van der Waals surface area contributed by atoms with Crippen molar-refractivity contribution in [3.63, 3.8) is 0 Å². The highest BCUT2D eigenvalue weighted by Gasteiger charge is 2.25. The van der Waals surface area contributed by atoms with E-state index in [0.717, 1.165) is 17.6 Å². The Morgan fingerprint density at radius 1 is 1.19 bits per heavy atom. The molecule has 3 heterocycles. The molecular weight excluding hydrogens is 342 g/mol. The first-order valence-electron chi connectivity index (χ1n) is 9.74. The lowest BCUT2D eigenvalue weighted by Gasteiger charge is -2.23. The Labute approximate surface area is 158 Å². The van der Waals surface area contributed by atoms with Gasteiger partial charge in [-0.15, -0.1) is 0 Å². The van der Waals surface area contributed by atoms with Gasteiger partial charge in [0.15, 0.2) is 5.65 Å². The Morgan fingerprint density at radius 3 is 2.59 bits per heavy atom. The molecule has 0 unspecified atom stereocenters. The molecule has 1 fully saturated rings. The van der Waals surface area contributed by atoms with Gasteiger partial charge in [-0.3, -0.25) is 0 Å². The van der Waals surface area contributed by atoms with Crippen molar-refractivity contribution >= 4 is 34.0 Å². The Morgan fingerprint density at radius 2 is 1.89 bits per heavy atom. The number of nitrogens with one attached hydrogen (secondary N) is 1. The van der Waals surface area contributed by atoms with Crippen molar-refractivity contribution in [2.75, 3.05) is 32.0 Å². The summed E-state index contributed by atoms with van der Waals surface area (Å²) in [7, 11) is 0. The van der Waals surface area contributed by atoms with Crippen LogP contribution in [0.25, 0.3) is 22.2 Å². The van der Waals surface area contributed by atoms with Crippen LogP contribution in [0.1, 0.15) is 36.5 Å². The van der Waals surface area contributed by atoms with E-state index in [-0.39, 0.29) is 0 Å². The number of carbonyl (C=O) groups excluding carboxylic acids is 1. The van der Waals surface area contributed by atoms with Gasteiger partial charge in [0.1, 0.15) is 16.9 Å². The van der Waals surface area contributed by atoms with Crippen molar-refractivity contribution in [3.05, 3.63) is 29.8 Å². The monoisotopic (exact) mass is 368 g/mol. The Bertz CT molecular complexity index is 975. The van der Waals surface area contributed by atoms with Crippen LogP contribution < -0.4 is 10.6 Å². The first-order chi connectivity index (χ1) is 13.2. The van der Waals surface area contributed by atoms with E-state index in [1.165, 1.54) is 32.4 Å². The zero-order valence-corrected chi connectivity index (χ0v) is 15.7. The average Bonchev–Trinajstić information content (AvgIpc) is 2.96. The fourth-order valence-electron chi connectivity index (χ4n) is 3.92. The lowest BCUT2D eigenvalue weighted by Crippen LogP contribution is -3.13. The van der Waals surface area contributed by atoms with Crippen LogP contribution in [0.15, 0.2) is 24.3 Å². The lowest BCUT2D eigenvalue weighted by molar-refractivity contribution is -0.905. The van der Waals surface area contributed by atoms with Gasteiger partial charge in [0.25, 0.3) is 0 Å². The normalized spacial score (nSPS) is 15.4. The van der Waals surface area contributed by atoms with Crippen molar-refractivity contribution in [1.82, 2.24) is 14.5 Å². The second-order valence-electron chi connectivity index (χ2n) is 7.08. The van der Waals surface area contributed by atoms with Crippen LogP contribution >= 0.6 is 0 Å². The Balaban J connectivity index is 1.79. The number of nitrogens with zero attached hydrogens (tertiary/aromatic N) is 3. The average molecular weight is 368 g/mol. The van der Waals surface area contributed by atoms with E-state index < -0.39 is 5.97 Å². The van der Waals surface area contributed by atoms with Crippen LogP contribution in [0, 0.1) is 0 Å². The summed E-state index contributed by atoms with van der Waals surface area (Å²) >= 11 is 0. The zero-order valence-electron chi connectivity index (χ0n) is 15.7. The number of rotatable bonds is 5. The number of para-hydroxylation sites is 2. The van der Waals surface area contributed by atoms with E-state index in [0.29, 0.717) is 35.7 Å². The molecule has 4 rings (SSSR count). The number of ether oxygens (including phenoxy) is 1. The lowest BCUT2D eigenvalue weighted by atomic mass is 10.1. The van der Waals surface area contributed by atoms with E-state index in [2.05, 4.69) is 4.98 Å². The number of fused-ring (bicyclic) bond motifs is 2. The molecule has 0 radical (unpaired) electrons. The minimum Gasteiger partial charge on any atom is -0.462 e. The molecule has 7 heteroatoms. The molecule has 1 saturated heterocycles. The smallest absolute Gasteiger partial charge is 0.344 e. The topological polar surface area (TPSA) is 87.5 Å². The van der Waals surface area contributed by atoms with Gasteiger partial charge in [0.2, 0.25) is 0 Å². The van der Waals surface area contributed by atoms with Gasteiger partial charge in [0, 0.05) is 0 Å². The van der Waals surface area contributed by atoms with Crippen LogP contribution in [-0.4, -0.2) is 46.7 Å². The molecule has 0 spiro atoms. The van der Waals surface area contributed by atoms with Gasteiger partial charge in [-0.25, -0.2) is 14.8 Å². The minimum atomic E-state index is -0.436. The molecule has 7 nitrogen and oxygen atoms in total. The minimum absolute atomic E-state index is 0.296. The first-order valence-corrected chi connectivity index (χ1v) is 9.74. The van der Waals surface area contributed by atoms with E-state index in [1.807, 2.05) is 28.8 Å². The molecular formula is C20H26N5O2+. The molecule has 0 saturated carbocycles. The fourth-order valence-corrected chi connectivity index (χ4v) is 3.92. The number of likely N-dealkylation sites (tertiary alicyclic amines) is 1. The molecule has 3 aromatic rings. The van der Waals surface area contributed by atoms with Gasteiger partial charge in [-0.05, 0) is 38.3 Å². The van der Waals surface area contributed by atoms with Gasteiger partial charge in [-0.2, -0.15) is 0 Å². The van der Waals surface area contributed by atoms with E-state index in [9.17, 15) is 4.79 Å². The Hall–Kier alpha value is -2.67. The fraction of sp³-hybridized carbons (Fsp3) is 0.450. The number of nitrogens with two attached hydrogens (primary N) is 1. The van der Waals surface area contributed by atoms with Crippen LogP contribution in [0.5, 0.6) is 0 Å². The summed E-state index contributed by atoms with van der Waals surface area (Å²) in [5.74, 6) is -0.0381. The predicted molar refractivity (Wildman–Crippen MR) is 105 cm³/mol. The van der Waals surface area contributed by atoms with Gasteiger partial charge in [0.05, 0.1) is 43.8 Å². The zero-order chi connectivity index (χ0) is 18.8. The standard InChI is InChI=1S/C20H25N5O2/c1-2-27-20(26)16-17-19(23-15-9-5-4-8-14(15)22-17)25(18(16)21)13-12-24-10-6-3-7-11-24/h4-5,8-9H,2-3,6-7,10-13,21H2,1H3/p+1. The highest BCUT2D eigenvalue weighted by Crippen LogP contribution is 2.28.